The van der Waals surface area contributed by atoms with Crippen molar-refractivity contribution >= 4 is 32.9 Å². The minimum Gasteiger partial charge on any atom is -0.482 e. The third kappa shape index (κ3) is 3.91. The molecule has 0 spiro atoms. The molecule has 3 aromatic rings. The maximum Gasteiger partial charge on any atom is 0.349 e. The first-order valence-electron chi connectivity index (χ1n) is 7.57. The van der Waals surface area contributed by atoms with Crippen LogP contribution in [0.4, 0.5) is 0 Å². The summed E-state index contributed by atoms with van der Waals surface area (Å²) in [4.78, 5) is 23.6. The number of carbonyl (C=O) groups excluding carboxylic acids is 1. The van der Waals surface area contributed by atoms with Crippen LogP contribution < -0.4 is 15.1 Å². The van der Waals surface area contributed by atoms with E-state index in [2.05, 4.69) is 15.9 Å². The molecule has 6 heteroatoms. The van der Waals surface area contributed by atoms with E-state index in [1.807, 2.05) is 19.1 Å². The topological polar surface area (TPSA) is 65.7 Å². The summed E-state index contributed by atoms with van der Waals surface area (Å²) in [7, 11) is 0. The van der Waals surface area contributed by atoms with Gasteiger partial charge in [0.2, 0.25) is 0 Å². The summed E-state index contributed by atoms with van der Waals surface area (Å²) in [5.74, 6) is 0.364. The Hall–Kier alpha value is -2.60. The number of carbonyl (C=O) groups is 1. The lowest BCUT2D eigenvalue weighted by Gasteiger charge is -2.10. The van der Waals surface area contributed by atoms with E-state index in [0.29, 0.717) is 22.6 Å². The number of rotatable bonds is 4. The molecular formula is C19H15BrO5. The average Bonchev–Trinajstić information content (AvgIpc) is 2.57. The molecule has 0 aliphatic rings. The van der Waals surface area contributed by atoms with Gasteiger partial charge in [0.25, 0.3) is 0 Å². The quantitative estimate of drug-likeness (QED) is 0.372. The normalized spacial score (nSPS) is 10.7. The van der Waals surface area contributed by atoms with E-state index in [1.165, 1.54) is 6.07 Å². The lowest BCUT2D eigenvalue weighted by atomic mass is 10.1. The van der Waals surface area contributed by atoms with Crippen LogP contribution in [0.3, 0.4) is 0 Å². The molecule has 1 heterocycles. The predicted molar refractivity (Wildman–Crippen MR) is 97.2 cm³/mol. The van der Waals surface area contributed by atoms with Gasteiger partial charge in [0.05, 0.1) is 0 Å². The number of benzene rings is 2. The van der Waals surface area contributed by atoms with Crippen LogP contribution in [0.25, 0.3) is 11.0 Å². The Balaban J connectivity index is 1.76. The SMILES string of the molecule is Cc1cc(=O)oc2c(C)c(OC(=O)COc3ccc(Br)cc3)ccc12. The van der Waals surface area contributed by atoms with Gasteiger partial charge >= 0.3 is 11.6 Å². The highest BCUT2D eigenvalue weighted by Gasteiger charge is 2.13. The van der Waals surface area contributed by atoms with Gasteiger partial charge in [0, 0.05) is 21.5 Å². The molecule has 2 aromatic carbocycles. The first-order chi connectivity index (χ1) is 11.9. The second-order valence-electron chi connectivity index (χ2n) is 5.53. The van der Waals surface area contributed by atoms with Crippen molar-refractivity contribution in [1.29, 1.82) is 0 Å². The number of hydrogen-bond donors (Lipinski definition) is 0. The van der Waals surface area contributed by atoms with Crippen LogP contribution in [0.2, 0.25) is 0 Å². The van der Waals surface area contributed by atoms with E-state index in [4.69, 9.17) is 13.9 Å². The van der Waals surface area contributed by atoms with Crippen LogP contribution in [0.5, 0.6) is 11.5 Å². The Morgan fingerprint density at radius 3 is 2.56 bits per heavy atom. The van der Waals surface area contributed by atoms with Crippen LogP contribution in [-0.2, 0) is 4.79 Å². The molecule has 0 saturated carbocycles. The zero-order valence-electron chi connectivity index (χ0n) is 13.7. The molecule has 128 valence electrons. The summed E-state index contributed by atoms with van der Waals surface area (Å²) in [5, 5.41) is 0.808. The van der Waals surface area contributed by atoms with Crippen LogP contribution in [0.15, 0.2) is 56.1 Å². The van der Waals surface area contributed by atoms with Crippen LogP contribution in [0.1, 0.15) is 11.1 Å². The van der Waals surface area contributed by atoms with Crippen molar-refractivity contribution in [2.45, 2.75) is 13.8 Å². The number of esters is 1. The third-order valence-corrected chi connectivity index (χ3v) is 4.24. The fourth-order valence-corrected chi connectivity index (χ4v) is 2.70. The minimum absolute atomic E-state index is 0.225. The van der Waals surface area contributed by atoms with Crippen LogP contribution in [-0.4, -0.2) is 12.6 Å². The molecule has 0 bridgehead atoms. The Labute approximate surface area is 152 Å². The van der Waals surface area contributed by atoms with Crippen molar-refractivity contribution < 1.29 is 18.7 Å². The first kappa shape index (κ1) is 17.2. The van der Waals surface area contributed by atoms with Gasteiger partial charge in [-0.15, -0.1) is 0 Å². The van der Waals surface area contributed by atoms with Crippen molar-refractivity contribution in [1.82, 2.24) is 0 Å². The number of aryl methyl sites for hydroxylation is 2. The largest absolute Gasteiger partial charge is 0.482 e. The van der Waals surface area contributed by atoms with E-state index in [0.717, 1.165) is 15.4 Å². The first-order valence-corrected chi connectivity index (χ1v) is 8.36. The zero-order chi connectivity index (χ0) is 18.0. The number of halogens is 1. The highest BCUT2D eigenvalue weighted by Crippen LogP contribution is 2.28. The standard InChI is InChI=1S/C19H15BrO5/c1-11-9-17(21)25-19-12(2)16(8-7-15(11)19)24-18(22)10-23-14-5-3-13(20)4-6-14/h3-9H,10H2,1-2H3. The molecular weight excluding hydrogens is 388 g/mol. The minimum atomic E-state index is -0.541. The van der Waals surface area contributed by atoms with Crippen molar-refractivity contribution in [3.05, 3.63) is 68.5 Å². The van der Waals surface area contributed by atoms with Gasteiger partial charge in [0.15, 0.2) is 6.61 Å². The Morgan fingerprint density at radius 2 is 1.84 bits per heavy atom. The predicted octanol–water partition coefficient (Wildman–Crippen LogP) is 4.16. The molecule has 0 radical (unpaired) electrons. The number of hydrogen-bond acceptors (Lipinski definition) is 5. The van der Waals surface area contributed by atoms with E-state index in [1.54, 1.807) is 31.2 Å². The average molecular weight is 403 g/mol. The van der Waals surface area contributed by atoms with Gasteiger partial charge in [-0.1, -0.05) is 15.9 Å². The summed E-state index contributed by atoms with van der Waals surface area (Å²) < 4.78 is 16.9. The molecule has 5 nitrogen and oxygen atoms in total. The number of fused-ring (bicyclic) bond motifs is 1. The fraction of sp³-hybridized carbons (Fsp3) is 0.158. The molecule has 0 saturated heterocycles. The van der Waals surface area contributed by atoms with E-state index in [-0.39, 0.29) is 6.61 Å². The van der Waals surface area contributed by atoms with Crippen molar-refractivity contribution in [2.75, 3.05) is 6.61 Å². The molecule has 25 heavy (non-hydrogen) atoms. The fourth-order valence-electron chi connectivity index (χ4n) is 2.44. The van der Waals surface area contributed by atoms with Crippen molar-refractivity contribution in [3.63, 3.8) is 0 Å². The summed E-state index contributed by atoms with van der Waals surface area (Å²) in [6.07, 6.45) is 0. The van der Waals surface area contributed by atoms with Crippen molar-refractivity contribution in [3.8, 4) is 11.5 Å². The maximum atomic E-state index is 12.0. The zero-order valence-corrected chi connectivity index (χ0v) is 15.3. The summed E-state index contributed by atoms with van der Waals surface area (Å²) in [6, 6.07) is 12.0. The van der Waals surface area contributed by atoms with Gasteiger partial charge in [-0.05, 0) is 55.8 Å². The van der Waals surface area contributed by atoms with E-state index in [9.17, 15) is 9.59 Å². The van der Waals surface area contributed by atoms with Crippen molar-refractivity contribution in [2.24, 2.45) is 0 Å². The summed E-state index contributed by atoms with van der Waals surface area (Å²) in [5.41, 5.74) is 1.39. The number of ether oxygens (including phenoxy) is 2. The smallest absolute Gasteiger partial charge is 0.349 e. The highest BCUT2D eigenvalue weighted by atomic mass is 79.9. The molecule has 0 aliphatic heterocycles. The van der Waals surface area contributed by atoms with E-state index < -0.39 is 11.6 Å². The Morgan fingerprint density at radius 1 is 1.12 bits per heavy atom. The Kier molecular flexibility index (Phi) is 4.90. The Bertz CT molecular complexity index is 989. The van der Waals surface area contributed by atoms with Gasteiger partial charge < -0.3 is 13.9 Å². The third-order valence-electron chi connectivity index (χ3n) is 3.71. The summed E-state index contributed by atoms with van der Waals surface area (Å²) in [6.45, 7) is 3.34. The van der Waals surface area contributed by atoms with Crippen LogP contribution in [0, 0.1) is 13.8 Å². The van der Waals surface area contributed by atoms with Gasteiger partial charge in [-0.3, -0.25) is 0 Å². The molecule has 0 amide bonds. The van der Waals surface area contributed by atoms with E-state index >= 15 is 0 Å². The summed E-state index contributed by atoms with van der Waals surface area (Å²) >= 11 is 3.33. The molecule has 0 fully saturated rings. The van der Waals surface area contributed by atoms with Gasteiger partial charge in [-0.2, -0.15) is 0 Å². The molecule has 3 rings (SSSR count). The molecule has 0 unspecified atom stereocenters. The highest BCUT2D eigenvalue weighted by molar-refractivity contribution is 9.10. The second kappa shape index (κ2) is 7.11. The molecule has 0 N–H and O–H groups in total. The van der Waals surface area contributed by atoms with Gasteiger partial charge in [0.1, 0.15) is 17.1 Å². The molecule has 0 atom stereocenters. The second-order valence-corrected chi connectivity index (χ2v) is 6.45. The van der Waals surface area contributed by atoms with Crippen LogP contribution >= 0.6 is 15.9 Å². The molecule has 1 aromatic heterocycles. The lowest BCUT2D eigenvalue weighted by molar-refractivity contribution is -0.136. The monoisotopic (exact) mass is 402 g/mol. The lowest BCUT2D eigenvalue weighted by Crippen LogP contribution is -2.18. The molecule has 0 aliphatic carbocycles. The maximum absolute atomic E-state index is 12.0. The van der Waals surface area contributed by atoms with Gasteiger partial charge in [-0.25, -0.2) is 9.59 Å².